The van der Waals surface area contributed by atoms with Crippen LogP contribution in [0.3, 0.4) is 0 Å². The lowest BCUT2D eigenvalue weighted by Crippen LogP contribution is -2.33. The summed E-state index contributed by atoms with van der Waals surface area (Å²) >= 11 is 0. The summed E-state index contributed by atoms with van der Waals surface area (Å²) in [6.07, 6.45) is 6.43. The van der Waals surface area contributed by atoms with Gasteiger partial charge in [0, 0.05) is 12.0 Å². The van der Waals surface area contributed by atoms with E-state index in [0.29, 0.717) is 0 Å². The predicted molar refractivity (Wildman–Crippen MR) is 98.4 cm³/mol. The Bertz CT molecular complexity index is 844. The van der Waals surface area contributed by atoms with Crippen LogP contribution in [0.4, 0.5) is 0 Å². The van der Waals surface area contributed by atoms with E-state index >= 15 is 0 Å². The van der Waals surface area contributed by atoms with Crippen molar-refractivity contribution in [3.63, 3.8) is 0 Å². The average molecular weight is 325 g/mol. The van der Waals surface area contributed by atoms with E-state index in [1.54, 1.807) is 0 Å². The second-order valence-corrected chi connectivity index (χ2v) is 8.15. The first-order chi connectivity index (χ1) is 11.5. The van der Waals surface area contributed by atoms with Crippen molar-refractivity contribution in [3.05, 3.63) is 36.2 Å². The number of benzene rings is 1. The Balaban J connectivity index is 1.75. The highest BCUT2D eigenvalue weighted by Crippen LogP contribution is 2.24. The molecule has 1 aliphatic heterocycles. The van der Waals surface area contributed by atoms with Gasteiger partial charge in [0.05, 0.1) is 6.54 Å². The van der Waals surface area contributed by atoms with Gasteiger partial charge in [-0.15, -0.1) is 0 Å². The summed E-state index contributed by atoms with van der Waals surface area (Å²) in [6.45, 7) is 11.6. The minimum Gasteiger partial charge on any atom is -0.300 e. The molecule has 24 heavy (non-hydrogen) atoms. The fraction of sp³-hybridized carbons (Fsp3) is 0.550. The van der Waals surface area contributed by atoms with Crippen LogP contribution < -0.4 is 4.40 Å². The molecule has 1 aromatic carbocycles. The van der Waals surface area contributed by atoms with E-state index < -0.39 is 0 Å². The van der Waals surface area contributed by atoms with Crippen molar-refractivity contribution in [2.24, 2.45) is 0 Å². The number of hydrogen-bond acceptors (Lipinski definition) is 1. The van der Waals surface area contributed by atoms with Crippen molar-refractivity contribution < 1.29 is 4.40 Å². The summed E-state index contributed by atoms with van der Waals surface area (Å²) in [4.78, 5) is 6.25. The van der Waals surface area contributed by atoms with E-state index in [0.717, 1.165) is 13.1 Å². The monoisotopic (exact) mass is 325 g/mol. The molecule has 4 heteroatoms. The molecule has 3 aromatic rings. The van der Waals surface area contributed by atoms with Crippen molar-refractivity contribution in [3.8, 4) is 0 Å². The standard InChI is InChI=1S/C20H28N4/c1-20(2,3)18-15-24-17-10-6-5-9-16(17)21-19(24)23(18)14-13-22-11-7-4-8-12-22/h5-6,9-10,15H,4,7-8,11-14H2,1-3H3/p+1. The quantitative estimate of drug-likeness (QED) is 0.734. The Morgan fingerprint density at radius 2 is 1.79 bits per heavy atom. The maximum Gasteiger partial charge on any atom is 0.367 e. The van der Waals surface area contributed by atoms with Gasteiger partial charge in [-0.1, -0.05) is 39.3 Å². The van der Waals surface area contributed by atoms with Gasteiger partial charge in [0.2, 0.25) is 0 Å². The summed E-state index contributed by atoms with van der Waals surface area (Å²) < 4.78 is 4.82. The van der Waals surface area contributed by atoms with Crippen LogP contribution in [0.15, 0.2) is 30.5 Å². The summed E-state index contributed by atoms with van der Waals surface area (Å²) in [7, 11) is 0. The highest BCUT2D eigenvalue weighted by Gasteiger charge is 2.29. The molecule has 0 spiro atoms. The summed E-state index contributed by atoms with van der Waals surface area (Å²) in [5, 5.41) is 0. The van der Waals surface area contributed by atoms with Crippen LogP contribution in [-0.4, -0.2) is 34.1 Å². The fourth-order valence-electron chi connectivity index (χ4n) is 3.97. The normalized spacial score (nSPS) is 17.1. The van der Waals surface area contributed by atoms with E-state index in [4.69, 9.17) is 0 Å². The molecule has 1 saturated heterocycles. The van der Waals surface area contributed by atoms with Gasteiger partial charge in [0.25, 0.3) is 0 Å². The molecule has 0 saturated carbocycles. The molecule has 4 nitrogen and oxygen atoms in total. The van der Waals surface area contributed by atoms with Gasteiger partial charge in [-0.2, -0.15) is 4.40 Å². The molecule has 0 unspecified atom stereocenters. The first-order valence-electron chi connectivity index (χ1n) is 9.28. The van der Waals surface area contributed by atoms with Gasteiger partial charge in [0.1, 0.15) is 22.9 Å². The molecule has 0 bridgehead atoms. The van der Waals surface area contributed by atoms with E-state index in [-0.39, 0.29) is 5.41 Å². The smallest absolute Gasteiger partial charge is 0.300 e. The van der Waals surface area contributed by atoms with Gasteiger partial charge < -0.3 is 4.90 Å². The summed E-state index contributed by atoms with van der Waals surface area (Å²) in [5.41, 5.74) is 4.00. The highest BCUT2D eigenvalue weighted by molar-refractivity contribution is 5.73. The summed E-state index contributed by atoms with van der Waals surface area (Å²) in [6, 6.07) is 8.57. The molecule has 3 heterocycles. The molecule has 0 atom stereocenters. The third kappa shape index (κ3) is 2.73. The minimum absolute atomic E-state index is 0.135. The molecular weight excluding hydrogens is 296 g/mol. The van der Waals surface area contributed by atoms with E-state index in [1.165, 1.54) is 54.9 Å². The Hall–Kier alpha value is -1.81. The van der Waals surface area contributed by atoms with Crippen LogP contribution in [0, 0.1) is 0 Å². The zero-order valence-corrected chi connectivity index (χ0v) is 15.2. The number of rotatable bonds is 3. The van der Waals surface area contributed by atoms with Crippen molar-refractivity contribution in [1.82, 2.24) is 14.5 Å². The zero-order valence-electron chi connectivity index (χ0n) is 15.2. The Morgan fingerprint density at radius 3 is 2.54 bits per heavy atom. The Labute approximate surface area is 144 Å². The van der Waals surface area contributed by atoms with Crippen molar-refractivity contribution in [2.75, 3.05) is 19.6 Å². The number of likely N-dealkylation sites (tertiary alicyclic amines) is 1. The van der Waals surface area contributed by atoms with E-state index in [9.17, 15) is 0 Å². The molecule has 2 aromatic heterocycles. The number of fused-ring (bicyclic) bond motifs is 3. The van der Waals surface area contributed by atoms with E-state index in [1.807, 2.05) is 0 Å². The molecule has 1 fully saturated rings. The maximum atomic E-state index is 3.63. The molecule has 1 aliphatic rings. The fourth-order valence-corrected chi connectivity index (χ4v) is 3.97. The number of nitrogens with zero attached hydrogens (tertiary/aromatic N) is 3. The number of aromatic amines is 1. The summed E-state index contributed by atoms with van der Waals surface area (Å²) in [5.74, 6) is 1.21. The number of para-hydroxylation sites is 2. The largest absolute Gasteiger partial charge is 0.367 e. The van der Waals surface area contributed by atoms with Crippen molar-refractivity contribution >= 4 is 16.8 Å². The van der Waals surface area contributed by atoms with Gasteiger partial charge in [0.15, 0.2) is 0 Å². The number of imidazole rings is 2. The van der Waals surface area contributed by atoms with Gasteiger partial charge >= 0.3 is 5.78 Å². The lowest BCUT2D eigenvalue weighted by Gasteiger charge is -2.26. The SMILES string of the molecule is CC(C)(C)c1c[n+]2c3ccccc3[nH]c2n1CCN1CCCCC1. The molecular formula is C20H29N4+. The first-order valence-corrected chi connectivity index (χ1v) is 9.28. The number of aromatic nitrogens is 3. The highest BCUT2D eigenvalue weighted by atomic mass is 15.2. The molecule has 0 radical (unpaired) electrons. The lowest BCUT2D eigenvalue weighted by molar-refractivity contribution is -0.480. The van der Waals surface area contributed by atoms with Crippen LogP contribution in [0.1, 0.15) is 45.7 Å². The third-order valence-electron chi connectivity index (χ3n) is 5.29. The number of hydrogen-bond donors (Lipinski definition) is 1. The van der Waals surface area contributed by atoms with Gasteiger partial charge in [-0.05, 0) is 38.1 Å². The van der Waals surface area contributed by atoms with Gasteiger partial charge in [-0.25, -0.2) is 9.55 Å². The number of piperidine rings is 1. The third-order valence-corrected chi connectivity index (χ3v) is 5.29. The molecule has 0 amide bonds. The Morgan fingerprint density at radius 1 is 1.04 bits per heavy atom. The lowest BCUT2D eigenvalue weighted by atomic mass is 9.92. The van der Waals surface area contributed by atoms with Crippen molar-refractivity contribution in [2.45, 2.75) is 52.0 Å². The molecule has 128 valence electrons. The second-order valence-electron chi connectivity index (χ2n) is 8.15. The van der Waals surface area contributed by atoms with Gasteiger partial charge in [-0.3, -0.25) is 0 Å². The molecule has 0 aliphatic carbocycles. The zero-order chi connectivity index (χ0) is 16.7. The maximum absolute atomic E-state index is 3.63. The Kier molecular flexibility index (Phi) is 3.87. The topological polar surface area (TPSA) is 28.1 Å². The average Bonchev–Trinajstić information content (AvgIpc) is 3.10. The first kappa shape index (κ1) is 15.7. The minimum atomic E-state index is 0.135. The second kappa shape index (κ2) is 5.92. The molecule has 4 rings (SSSR count). The molecule has 1 N–H and O–H groups in total. The van der Waals surface area contributed by atoms with Crippen LogP contribution in [0.25, 0.3) is 16.8 Å². The van der Waals surface area contributed by atoms with Crippen LogP contribution in [0.5, 0.6) is 0 Å². The number of H-pyrrole nitrogens is 1. The predicted octanol–water partition coefficient (Wildman–Crippen LogP) is 3.49. The van der Waals surface area contributed by atoms with Crippen molar-refractivity contribution in [1.29, 1.82) is 0 Å². The number of nitrogens with one attached hydrogen (secondary N) is 1. The van der Waals surface area contributed by atoms with Crippen LogP contribution in [-0.2, 0) is 12.0 Å². The van der Waals surface area contributed by atoms with Crippen LogP contribution in [0.2, 0.25) is 0 Å². The van der Waals surface area contributed by atoms with Crippen LogP contribution >= 0.6 is 0 Å². The van der Waals surface area contributed by atoms with E-state index in [2.05, 4.69) is 70.1 Å².